The molecule has 14 heavy (non-hydrogen) atoms. The van der Waals surface area contributed by atoms with Crippen LogP contribution in [0.5, 0.6) is 0 Å². The molecular weight excluding hydrogens is 184 g/mol. The average molecular weight is 196 g/mol. The number of amides is 2. The zero-order valence-corrected chi connectivity index (χ0v) is 8.00. The number of rotatable bonds is 4. The minimum absolute atomic E-state index is 0.155. The maximum Gasteiger partial charge on any atom is 0.317 e. The molecule has 0 aromatic heterocycles. The van der Waals surface area contributed by atoms with Crippen molar-refractivity contribution < 1.29 is 14.4 Å². The first kappa shape index (κ1) is 10.4. The molecule has 0 saturated carbocycles. The molecule has 0 atom stereocenters. The molecular formula is C9H12N2O3. The molecule has 0 aromatic carbocycles. The molecule has 1 heterocycles. The molecule has 0 radical (unpaired) electrons. The molecule has 0 spiro atoms. The molecule has 5 nitrogen and oxygen atoms in total. The lowest BCUT2D eigenvalue weighted by Crippen LogP contribution is -2.36. The van der Waals surface area contributed by atoms with Gasteiger partial charge in [-0.15, -0.1) is 0 Å². The summed E-state index contributed by atoms with van der Waals surface area (Å²) < 4.78 is 0. The molecule has 1 fully saturated rings. The van der Waals surface area contributed by atoms with Crippen LogP contribution >= 0.6 is 0 Å². The molecule has 1 N–H and O–H groups in total. The normalized spacial score (nSPS) is 15.2. The second kappa shape index (κ2) is 4.04. The van der Waals surface area contributed by atoms with Gasteiger partial charge in [-0.25, -0.2) is 4.79 Å². The minimum atomic E-state index is -0.607. The van der Waals surface area contributed by atoms with E-state index in [4.69, 9.17) is 0 Å². The average Bonchev–Trinajstić information content (AvgIpc) is 2.50. The second-order valence-corrected chi connectivity index (χ2v) is 3.19. The van der Waals surface area contributed by atoms with E-state index < -0.39 is 11.6 Å². The van der Waals surface area contributed by atoms with Gasteiger partial charge in [0.15, 0.2) is 0 Å². The summed E-state index contributed by atoms with van der Waals surface area (Å²) in [6, 6.07) is -0.298. The Balaban J connectivity index is 2.52. The van der Waals surface area contributed by atoms with Crippen LogP contribution in [-0.4, -0.2) is 42.1 Å². The van der Waals surface area contributed by atoms with Crippen molar-refractivity contribution in [2.24, 2.45) is 0 Å². The van der Waals surface area contributed by atoms with Gasteiger partial charge in [0.2, 0.25) is 11.6 Å². The van der Waals surface area contributed by atoms with Crippen molar-refractivity contribution >= 4 is 17.6 Å². The van der Waals surface area contributed by atoms with E-state index in [1.165, 1.54) is 11.8 Å². The Morgan fingerprint density at radius 3 is 2.64 bits per heavy atom. The predicted octanol–water partition coefficient (Wildman–Crippen LogP) is -0.274. The number of hydrogen-bond acceptors (Lipinski definition) is 3. The highest BCUT2D eigenvalue weighted by molar-refractivity contribution is 6.44. The number of hydrogen-bond donors (Lipinski definition) is 1. The van der Waals surface area contributed by atoms with Gasteiger partial charge in [-0.1, -0.05) is 6.58 Å². The van der Waals surface area contributed by atoms with Crippen molar-refractivity contribution in [1.82, 2.24) is 10.2 Å². The van der Waals surface area contributed by atoms with Gasteiger partial charge in [-0.05, 0) is 12.5 Å². The zero-order valence-electron chi connectivity index (χ0n) is 8.00. The smallest absolute Gasteiger partial charge is 0.317 e. The van der Waals surface area contributed by atoms with Crippen LogP contribution in [0.1, 0.15) is 6.92 Å². The number of Topliss-reactive ketones (excluding diaryl/α,β-unsaturated/α-hetero) is 2. The highest BCUT2D eigenvalue weighted by atomic mass is 16.2. The van der Waals surface area contributed by atoms with E-state index >= 15 is 0 Å². The SMILES string of the molecule is C=C(C)C(=O)C(=O)CN1CCNC1=O. The van der Waals surface area contributed by atoms with E-state index in [1.54, 1.807) is 0 Å². The number of allylic oxidation sites excluding steroid dienone is 1. The van der Waals surface area contributed by atoms with Gasteiger partial charge in [0.05, 0.1) is 6.54 Å². The zero-order chi connectivity index (χ0) is 10.7. The van der Waals surface area contributed by atoms with Gasteiger partial charge in [-0.3, -0.25) is 9.59 Å². The number of ketones is 2. The van der Waals surface area contributed by atoms with Gasteiger partial charge < -0.3 is 10.2 Å². The third-order valence-electron chi connectivity index (χ3n) is 1.92. The maximum absolute atomic E-state index is 11.3. The Bertz CT molecular complexity index is 309. The molecule has 0 bridgehead atoms. The monoisotopic (exact) mass is 196 g/mol. The van der Waals surface area contributed by atoms with Gasteiger partial charge in [0.1, 0.15) is 0 Å². The quantitative estimate of drug-likeness (QED) is 0.497. The maximum atomic E-state index is 11.3. The molecule has 76 valence electrons. The number of urea groups is 1. The Kier molecular flexibility index (Phi) is 3.01. The Morgan fingerprint density at radius 1 is 1.57 bits per heavy atom. The molecule has 0 unspecified atom stereocenters. The lowest BCUT2D eigenvalue weighted by Gasteiger charge is -2.11. The van der Waals surface area contributed by atoms with Crippen LogP contribution in [0.3, 0.4) is 0 Å². The first-order valence-corrected chi connectivity index (χ1v) is 4.28. The Hall–Kier alpha value is -1.65. The third kappa shape index (κ3) is 2.18. The molecule has 2 amide bonds. The summed E-state index contributed by atoms with van der Waals surface area (Å²) in [4.78, 5) is 34.7. The van der Waals surface area contributed by atoms with E-state index in [-0.39, 0.29) is 18.1 Å². The summed E-state index contributed by atoms with van der Waals surface area (Å²) in [5.41, 5.74) is 0.203. The number of nitrogens with one attached hydrogen (secondary N) is 1. The summed E-state index contributed by atoms with van der Waals surface area (Å²) in [5, 5.41) is 2.54. The largest absolute Gasteiger partial charge is 0.336 e. The van der Waals surface area contributed by atoms with Crippen molar-refractivity contribution in [2.45, 2.75) is 6.92 Å². The van der Waals surface area contributed by atoms with Crippen molar-refractivity contribution in [2.75, 3.05) is 19.6 Å². The van der Waals surface area contributed by atoms with Crippen molar-refractivity contribution in [3.05, 3.63) is 12.2 Å². The fourth-order valence-electron chi connectivity index (χ4n) is 1.15. The van der Waals surface area contributed by atoms with E-state index in [9.17, 15) is 14.4 Å². The standard InChI is InChI=1S/C9H12N2O3/c1-6(2)8(13)7(12)5-11-4-3-10-9(11)14/h1,3-5H2,2H3,(H,10,14). The van der Waals surface area contributed by atoms with E-state index in [2.05, 4.69) is 11.9 Å². The summed E-state index contributed by atoms with van der Waals surface area (Å²) in [7, 11) is 0. The number of carbonyl (C=O) groups is 3. The summed E-state index contributed by atoms with van der Waals surface area (Å²) in [6.07, 6.45) is 0. The molecule has 5 heteroatoms. The second-order valence-electron chi connectivity index (χ2n) is 3.19. The Morgan fingerprint density at radius 2 is 2.21 bits per heavy atom. The molecule has 1 rings (SSSR count). The summed E-state index contributed by atoms with van der Waals surface area (Å²) in [6.45, 7) is 5.69. The van der Waals surface area contributed by atoms with Crippen LogP contribution in [-0.2, 0) is 9.59 Å². The van der Waals surface area contributed by atoms with Crippen molar-refractivity contribution in [3.8, 4) is 0 Å². The number of nitrogens with zero attached hydrogens (tertiary/aromatic N) is 1. The summed E-state index contributed by atoms with van der Waals surface area (Å²) >= 11 is 0. The van der Waals surface area contributed by atoms with Crippen LogP contribution in [0, 0.1) is 0 Å². The lowest BCUT2D eigenvalue weighted by atomic mass is 10.1. The van der Waals surface area contributed by atoms with Crippen LogP contribution in [0.2, 0.25) is 0 Å². The van der Waals surface area contributed by atoms with Gasteiger partial charge in [0.25, 0.3) is 0 Å². The van der Waals surface area contributed by atoms with E-state index in [0.717, 1.165) is 0 Å². The van der Waals surface area contributed by atoms with Gasteiger partial charge >= 0.3 is 6.03 Å². The molecule has 1 aliphatic heterocycles. The van der Waals surface area contributed by atoms with E-state index in [1.807, 2.05) is 0 Å². The minimum Gasteiger partial charge on any atom is -0.336 e. The molecule has 0 aromatic rings. The van der Waals surface area contributed by atoms with Gasteiger partial charge in [-0.2, -0.15) is 0 Å². The molecule has 0 aliphatic carbocycles. The highest BCUT2D eigenvalue weighted by Gasteiger charge is 2.24. The predicted molar refractivity (Wildman–Crippen MR) is 49.8 cm³/mol. The fourth-order valence-corrected chi connectivity index (χ4v) is 1.15. The highest BCUT2D eigenvalue weighted by Crippen LogP contribution is 1.99. The van der Waals surface area contributed by atoms with Gasteiger partial charge in [0, 0.05) is 13.1 Å². The van der Waals surface area contributed by atoms with E-state index in [0.29, 0.717) is 13.1 Å². The van der Waals surface area contributed by atoms with Crippen LogP contribution in [0.4, 0.5) is 4.79 Å². The molecule has 1 saturated heterocycles. The first-order chi connectivity index (χ1) is 6.52. The fraction of sp³-hybridized carbons (Fsp3) is 0.444. The molecule has 1 aliphatic rings. The first-order valence-electron chi connectivity index (χ1n) is 4.28. The topological polar surface area (TPSA) is 66.5 Å². The van der Waals surface area contributed by atoms with Crippen LogP contribution < -0.4 is 5.32 Å². The van der Waals surface area contributed by atoms with Crippen molar-refractivity contribution in [1.29, 1.82) is 0 Å². The van der Waals surface area contributed by atoms with Crippen LogP contribution in [0.25, 0.3) is 0 Å². The van der Waals surface area contributed by atoms with Crippen LogP contribution in [0.15, 0.2) is 12.2 Å². The Labute approximate surface area is 81.8 Å². The van der Waals surface area contributed by atoms with Crippen molar-refractivity contribution in [3.63, 3.8) is 0 Å². The lowest BCUT2D eigenvalue weighted by molar-refractivity contribution is -0.134. The summed E-state index contributed by atoms with van der Waals surface area (Å²) in [5.74, 6) is -1.20. The third-order valence-corrected chi connectivity index (χ3v) is 1.92. The number of carbonyl (C=O) groups excluding carboxylic acids is 3.